The average Bonchev–Trinajstić information content (AvgIpc) is 2.68. The van der Waals surface area contributed by atoms with Gasteiger partial charge in [-0.3, -0.25) is 4.79 Å². The molecule has 1 saturated heterocycles. The third-order valence-corrected chi connectivity index (χ3v) is 2.83. The third kappa shape index (κ3) is 2.91. The van der Waals surface area contributed by atoms with Gasteiger partial charge in [-0.2, -0.15) is 0 Å². The first-order chi connectivity index (χ1) is 9.22. The number of ether oxygens (including phenoxy) is 5. The second-order valence-electron chi connectivity index (χ2n) is 4.66. The Morgan fingerprint density at radius 1 is 1.05 bits per heavy atom. The quantitative estimate of drug-likeness (QED) is 0.518. The van der Waals surface area contributed by atoms with Gasteiger partial charge in [-0.25, -0.2) is 9.59 Å². The van der Waals surface area contributed by atoms with Crippen LogP contribution in [-0.4, -0.2) is 56.7 Å². The standard InChI is InChI=1S/C12H18O8/c1-11(2)19-8(9(14)17-4)12(20-11,10(15)18-5)6-7(13)16-3/h8H,6H2,1-5H3/t8?,12-/m1/s1. The highest BCUT2D eigenvalue weighted by atomic mass is 16.8. The van der Waals surface area contributed by atoms with E-state index >= 15 is 0 Å². The SMILES string of the molecule is COC(=O)C[C@@]1(C(=O)OC)OC(C)(C)OC1C(=O)OC. The maximum absolute atomic E-state index is 12.1. The van der Waals surface area contributed by atoms with Crippen molar-refractivity contribution < 1.29 is 38.1 Å². The fourth-order valence-corrected chi connectivity index (χ4v) is 2.05. The Kier molecular flexibility index (Phi) is 4.72. The highest BCUT2D eigenvalue weighted by Crippen LogP contribution is 2.40. The Hall–Kier alpha value is -1.67. The molecule has 8 heteroatoms. The van der Waals surface area contributed by atoms with Crippen LogP contribution in [0.1, 0.15) is 20.3 Å². The van der Waals surface area contributed by atoms with Crippen LogP contribution in [0.15, 0.2) is 0 Å². The molecule has 2 atom stereocenters. The molecule has 0 N–H and O–H groups in total. The second kappa shape index (κ2) is 5.76. The molecule has 1 fully saturated rings. The minimum Gasteiger partial charge on any atom is -0.469 e. The molecule has 1 aliphatic heterocycles. The van der Waals surface area contributed by atoms with Crippen LogP contribution in [-0.2, 0) is 38.1 Å². The molecule has 114 valence electrons. The number of carbonyl (C=O) groups excluding carboxylic acids is 3. The van der Waals surface area contributed by atoms with Gasteiger partial charge in [0.2, 0.25) is 5.60 Å². The van der Waals surface area contributed by atoms with Crippen LogP contribution < -0.4 is 0 Å². The maximum Gasteiger partial charge on any atom is 0.342 e. The fraction of sp³-hybridized carbons (Fsp3) is 0.750. The molecule has 0 aromatic heterocycles. The molecule has 0 aromatic carbocycles. The van der Waals surface area contributed by atoms with Crippen molar-refractivity contribution in [2.75, 3.05) is 21.3 Å². The lowest BCUT2D eigenvalue weighted by Crippen LogP contribution is -2.53. The Balaban J connectivity index is 3.26. The van der Waals surface area contributed by atoms with E-state index < -0.39 is 41.8 Å². The monoisotopic (exact) mass is 290 g/mol. The van der Waals surface area contributed by atoms with Crippen LogP contribution in [0.4, 0.5) is 0 Å². The molecule has 0 radical (unpaired) electrons. The van der Waals surface area contributed by atoms with E-state index in [0.717, 1.165) is 21.3 Å². The molecule has 0 spiro atoms. The van der Waals surface area contributed by atoms with Crippen LogP contribution >= 0.6 is 0 Å². The van der Waals surface area contributed by atoms with Gasteiger partial charge in [0.15, 0.2) is 11.9 Å². The Morgan fingerprint density at radius 3 is 2.10 bits per heavy atom. The lowest BCUT2D eigenvalue weighted by atomic mass is 9.92. The number of carbonyl (C=O) groups is 3. The van der Waals surface area contributed by atoms with Gasteiger partial charge in [0, 0.05) is 0 Å². The summed E-state index contributed by atoms with van der Waals surface area (Å²) in [6.45, 7) is 3.01. The summed E-state index contributed by atoms with van der Waals surface area (Å²) in [7, 11) is 3.41. The zero-order chi connectivity index (χ0) is 15.6. The van der Waals surface area contributed by atoms with Gasteiger partial charge in [0.1, 0.15) is 0 Å². The second-order valence-corrected chi connectivity index (χ2v) is 4.66. The van der Waals surface area contributed by atoms with Gasteiger partial charge in [-0.15, -0.1) is 0 Å². The molecule has 0 aromatic rings. The summed E-state index contributed by atoms with van der Waals surface area (Å²) in [6, 6.07) is 0. The van der Waals surface area contributed by atoms with E-state index in [1.165, 1.54) is 13.8 Å². The summed E-state index contributed by atoms with van der Waals surface area (Å²) in [5.41, 5.74) is -1.93. The normalized spacial score (nSPS) is 27.8. The van der Waals surface area contributed by atoms with Crippen molar-refractivity contribution in [3.8, 4) is 0 Å². The number of methoxy groups -OCH3 is 3. The van der Waals surface area contributed by atoms with E-state index in [1.54, 1.807) is 0 Å². The minimum atomic E-state index is -1.93. The summed E-state index contributed by atoms with van der Waals surface area (Å²) in [5.74, 6) is -3.76. The molecule has 1 heterocycles. The van der Waals surface area contributed by atoms with E-state index in [9.17, 15) is 14.4 Å². The van der Waals surface area contributed by atoms with Gasteiger partial charge >= 0.3 is 17.9 Å². The Bertz CT molecular complexity index is 416. The molecule has 8 nitrogen and oxygen atoms in total. The van der Waals surface area contributed by atoms with E-state index in [0.29, 0.717) is 0 Å². The first-order valence-corrected chi connectivity index (χ1v) is 5.83. The zero-order valence-corrected chi connectivity index (χ0v) is 12.1. The lowest BCUT2D eigenvalue weighted by molar-refractivity contribution is -0.192. The van der Waals surface area contributed by atoms with Crippen molar-refractivity contribution in [1.82, 2.24) is 0 Å². The number of rotatable bonds is 4. The van der Waals surface area contributed by atoms with E-state index in [4.69, 9.17) is 9.47 Å². The molecule has 0 aliphatic carbocycles. The highest BCUT2D eigenvalue weighted by molar-refractivity contribution is 5.93. The topological polar surface area (TPSA) is 97.4 Å². The molecule has 0 saturated carbocycles. The summed E-state index contributed by atoms with van der Waals surface area (Å²) in [5, 5.41) is 0. The predicted molar refractivity (Wildman–Crippen MR) is 63.4 cm³/mol. The molecule has 0 bridgehead atoms. The van der Waals surface area contributed by atoms with Crippen molar-refractivity contribution in [3.63, 3.8) is 0 Å². The van der Waals surface area contributed by atoms with Crippen LogP contribution in [0, 0.1) is 0 Å². The molecule has 20 heavy (non-hydrogen) atoms. The molecule has 0 amide bonds. The lowest BCUT2D eigenvalue weighted by Gasteiger charge is -2.27. The molecule has 1 aliphatic rings. The molecule has 1 unspecified atom stereocenters. The van der Waals surface area contributed by atoms with Crippen LogP contribution in [0.5, 0.6) is 0 Å². The average molecular weight is 290 g/mol. The van der Waals surface area contributed by atoms with Crippen molar-refractivity contribution in [1.29, 1.82) is 0 Å². The largest absolute Gasteiger partial charge is 0.469 e. The van der Waals surface area contributed by atoms with Gasteiger partial charge in [0.05, 0.1) is 27.8 Å². The van der Waals surface area contributed by atoms with Crippen LogP contribution in [0.3, 0.4) is 0 Å². The van der Waals surface area contributed by atoms with Gasteiger partial charge < -0.3 is 23.7 Å². The highest BCUT2D eigenvalue weighted by Gasteiger charge is 2.64. The minimum absolute atomic E-state index is 0.528. The number of hydrogen-bond acceptors (Lipinski definition) is 8. The summed E-state index contributed by atoms with van der Waals surface area (Å²) in [6.07, 6.45) is -1.95. The van der Waals surface area contributed by atoms with Gasteiger partial charge in [-0.05, 0) is 13.8 Å². The van der Waals surface area contributed by atoms with Gasteiger partial charge in [-0.1, -0.05) is 0 Å². The van der Waals surface area contributed by atoms with Crippen molar-refractivity contribution in [3.05, 3.63) is 0 Å². The summed E-state index contributed by atoms with van der Waals surface area (Å²) < 4.78 is 24.6. The predicted octanol–water partition coefficient (Wildman–Crippen LogP) is -0.214. The maximum atomic E-state index is 12.1. The van der Waals surface area contributed by atoms with E-state index in [-0.39, 0.29) is 0 Å². The third-order valence-electron chi connectivity index (χ3n) is 2.83. The van der Waals surface area contributed by atoms with E-state index in [1.807, 2.05) is 0 Å². The first-order valence-electron chi connectivity index (χ1n) is 5.83. The van der Waals surface area contributed by atoms with Gasteiger partial charge in [0.25, 0.3) is 0 Å². The van der Waals surface area contributed by atoms with Crippen molar-refractivity contribution >= 4 is 17.9 Å². The molecular weight excluding hydrogens is 272 g/mol. The summed E-state index contributed by atoms with van der Waals surface area (Å²) >= 11 is 0. The Labute approximate surface area is 116 Å². The van der Waals surface area contributed by atoms with Crippen molar-refractivity contribution in [2.45, 2.75) is 37.8 Å². The number of esters is 3. The van der Waals surface area contributed by atoms with Crippen molar-refractivity contribution in [2.24, 2.45) is 0 Å². The summed E-state index contributed by atoms with van der Waals surface area (Å²) in [4.78, 5) is 35.4. The molecule has 1 rings (SSSR count). The smallest absolute Gasteiger partial charge is 0.342 e. The van der Waals surface area contributed by atoms with E-state index in [2.05, 4.69) is 14.2 Å². The van der Waals surface area contributed by atoms with Crippen LogP contribution in [0.2, 0.25) is 0 Å². The zero-order valence-electron chi connectivity index (χ0n) is 12.1. The Morgan fingerprint density at radius 2 is 1.65 bits per heavy atom. The fourth-order valence-electron chi connectivity index (χ4n) is 2.05. The van der Waals surface area contributed by atoms with Crippen LogP contribution in [0.25, 0.3) is 0 Å². The molecular formula is C12H18O8. The number of hydrogen-bond donors (Lipinski definition) is 0. The first kappa shape index (κ1) is 16.4.